The Morgan fingerprint density at radius 3 is 2.83 bits per heavy atom. The predicted molar refractivity (Wildman–Crippen MR) is 69.3 cm³/mol. The van der Waals surface area contributed by atoms with E-state index in [-0.39, 0.29) is 17.5 Å². The molecule has 2 unspecified atom stereocenters. The Hall–Kier alpha value is -1.68. The number of carbonyl (C=O) groups is 1. The van der Waals surface area contributed by atoms with Gasteiger partial charge in [0.05, 0.1) is 5.56 Å². The maximum Gasteiger partial charge on any atom is 0.254 e. The summed E-state index contributed by atoms with van der Waals surface area (Å²) >= 11 is 1.70. The Labute approximate surface area is 108 Å². The van der Waals surface area contributed by atoms with Crippen LogP contribution in [0, 0.1) is 5.82 Å². The Kier molecular flexibility index (Phi) is 2.88. The van der Waals surface area contributed by atoms with Crippen molar-refractivity contribution in [2.45, 2.75) is 18.4 Å². The molecule has 2 nitrogen and oxygen atoms in total. The largest absolute Gasteiger partial charge is 0.349 e. The maximum atomic E-state index is 13.4. The molecule has 92 valence electrons. The predicted octanol–water partition coefficient (Wildman–Crippen LogP) is 3.17. The van der Waals surface area contributed by atoms with Crippen LogP contribution in [-0.4, -0.2) is 11.9 Å². The molecule has 1 amide bonds. The first kappa shape index (κ1) is 11.4. The van der Waals surface area contributed by atoms with Gasteiger partial charge in [0.15, 0.2) is 0 Å². The number of carbonyl (C=O) groups excluding carboxylic acids is 1. The van der Waals surface area contributed by atoms with Crippen LogP contribution in [0.1, 0.15) is 27.6 Å². The molecule has 1 heterocycles. The van der Waals surface area contributed by atoms with Crippen LogP contribution in [-0.2, 0) is 0 Å². The smallest absolute Gasteiger partial charge is 0.254 e. The fourth-order valence-electron chi connectivity index (χ4n) is 2.06. The summed E-state index contributed by atoms with van der Waals surface area (Å²) < 4.78 is 13.4. The minimum atomic E-state index is -0.469. The molecule has 0 spiro atoms. The first-order chi connectivity index (χ1) is 8.75. The Balaban J connectivity index is 1.65. The molecule has 2 atom stereocenters. The lowest BCUT2D eigenvalue weighted by molar-refractivity contribution is 0.0946. The molecule has 3 rings (SSSR count). The fraction of sp³-hybridized carbons (Fsp3) is 0.214. The van der Waals surface area contributed by atoms with E-state index in [1.165, 1.54) is 17.0 Å². The van der Waals surface area contributed by atoms with Crippen LogP contribution in [0.15, 0.2) is 41.8 Å². The van der Waals surface area contributed by atoms with Crippen molar-refractivity contribution in [3.05, 3.63) is 58.0 Å². The average Bonchev–Trinajstić information content (AvgIpc) is 2.91. The summed E-state index contributed by atoms with van der Waals surface area (Å²) in [6.45, 7) is 0. The highest BCUT2D eigenvalue weighted by Crippen LogP contribution is 2.42. The zero-order valence-electron chi connectivity index (χ0n) is 9.60. The molecule has 0 saturated heterocycles. The summed E-state index contributed by atoms with van der Waals surface area (Å²) in [7, 11) is 0. The van der Waals surface area contributed by atoms with Gasteiger partial charge >= 0.3 is 0 Å². The summed E-state index contributed by atoms with van der Waals surface area (Å²) in [5.74, 6) is -0.388. The van der Waals surface area contributed by atoms with Crippen molar-refractivity contribution in [2.24, 2.45) is 0 Å². The van der Waals surface area contributed by atoms with Gasteiger partial charge in [0, 0.05) is 16.8 Å². The summed E-state index contributed by atoms with van der Waals surface area (Å²) in [4.78, 5) is 13.2. The van der Waals surface area contributed by atoms with Crippen LogP contribution in [0.3, 0.4) is 0 Å². The van der Waals surface area contributed by atoms with Crippen LogP contribution in [0.25, 0.3) is 0 Å². The number of nitrogens with one attached hydrogen (secondary N) is 1. The monoisotopic (exact) mass is 261 g/mol. The van der Waals surface area contributed by atoms with E-state index in [2.05, 4.69) is 11.4 Å². The van der Waals surface area contributed by atoms with E-state index < -0.39 is 5.82 Å². The Morgan fingerprint density at radius 1 is 1.28 bits per heavy atom. The number of rotatable bonds is 3. The molecule has 1 aliphatic rings. The second-order valence-corrected chi connectivity index (χ2v) is 5.40. The fourth-order valence-corrected chi connectivity index (χ4v) is 2.97. The van der Waals surface area contributed by atoms with Gasteiger partial charge in [0.2, 0.25) is 0 Å². The van der Waals surface area contributed by atoms with Crippen LogP contribution in [0.2, 0.25) is 0 Å². The van der Waals surface area contributed by atoms with E-state index >= 15 is 0 Å². The number of hydrogen-bond acceptors (Lipinski definition) is 2. The van der Waals surface area contributed by atoms with Crippen molar-refractivity contribution in [3.63, 3.8) is 0 Å². The molecule has 1 fully saturated rings. The lowest BCUT2D eigenvalue weighted by atomic mass is 10.2. The van der Waals surface area contributed by atoms with Gasteiger partial charge in [-0.1, -0.05) is 18.2 Å². The van der Waals surface area contributed by atoms with Crippen LogP contribution < -0.4 is 5.32 Å². The molecular formula is C14H12FNOS. The second-order valence-electron chi connectivity index (χ2n) is 4.42. The lowest BCUT2D eigenvalue weighted by Gasteiger charge is -2.04. The van der Waals surface area contributed by atoms with Crippen molar-refractivity contribution in [1.29, 1.82) is 0 Å². The van der Waals surface area contributed by atoms with E-state index in [0.29, 0.717) is 5.92 Å². The molecule has 1 N–H and O–H groups in total. The van der Waals surface area contributed by atoms with Gasteiger partial charge in [-0.05, 0) is 30.0 Å². The number of benzene rings is 1. The number of amides is 1. The molecule has 4 heteroatoms. The first-order valence-corrected chi connectivity index (χ1v) is 6.72. The molecule has 0 bridgehead atoms. The zero-order valence-corrected chi connectivity index (χ0v) is 10.4. The summed E-state index contributed by atoms with van der Waals surface area (Å²) in [5, 5.41) is 4.91. The zero-order chi connectivity index (χ0) is 12.5. The van der Waals surface area contributed by atoms with Gasteiger partial charge in [-0.15, -0.1) is 11.3 Å². The minimum Gasteiger partial charge on any atom is -0.349 e. The second kappa shape index (κ2) is 4.53. The topological polar surface area (TPSA) is 29.1 Å². The molecule has 1 aliphatic carbocycles. The van der Waals surface area contributed by atoms with Gasteiger partial charge < -0.3 is 5.32 Å². The summed E-state index contributed by atoms with van der Waals surface area (Å²) in [5.41, 5.74) is 0.120. The van der Waals surface area contributed by atoms with E-state index in [0.717, 1.165) is 6.42 Å². The van der Waals surface area contributed by atoms with E-state index in [9.17, 15) is 9.18 Å². The standard InChI is InChI=1S/C14H12FNOS/c15-11-5-2-1-4-9(11)14(17)16-12-8-10(12)13-6-3-7-18-13/h1-7,10,12H,8H2,(H,16,17). The highest BCUT2D eigenvalue weighted by molar-refractivity contribution is 7.10. The number of thiophene rings is 1. The average molecular weight is 261 g/mol. The molecule has 0 aliphatic heterocycles. The van der Waals surface area contributed by atoms with Crippen molar-refractivity contribution in [2.75, 3.05) is 0 Å². The number of halogens is 1. The molecule has 1 aromatic carbocycles. The summed E-state index contributed by atoms with van der Waals surface area (Å²) in [6.07, 6.45) is 0.945. The van der Waals surface area contributed by atoms with Gasteiger partial charge in [0.25, 0.3) is 5.91 Å². The first-order valence-electron chi connectivity index (χ1n) is 5.84. The molecule has 2 aromatic rings. The van der Waals surface area contributed by atoms with Crippen LogP contribution >= 0.6 is 11.3 Å². The normalized spacial score (nSPS) is 21.6. The number of hydrogen-bond donors (Lipinski definition) is 1. The van der Waals surface area contributed by atoms with Crippen LogP contribution in [0.5, 0.6) is 0 Å². The quantitative estimate of drug-likeness (QED) is 0.903. The van der Waals surface area contributed by atoms with Gasteiger partial charge in [0.1, 0.15) is 5.82 Å². The molecule has 1 saturated carbocycles. The van der Waals surface area contributed by atoms with E-state index in [1.54, 1.807) is 23.5 Å². The highest BCUT2D eigenvalue weighted by Gasteiger charge is 2.40. The van der Waals surface area contributed by atoms with Crippen LogP contribution in [0.4, 0.5) is 4.39 Å². The Bertz CT molecular complexity index is 567. The third-order valence-corrected chi connectivity index (χ3v) is 4.14. The third kappa shape index (κ3) is 2.16. The SMILES string of the molecule is O=C(NC1CC1c1cccs1)c1ccccc1F. The molecule has 18 heavy (non-hydrogen) atoms. The third-order valence-electron chi connectivity index (χ3n) is 3.13. The Morgan fingerprint density at radius 2 is 2.11 bits per heavy atom. The summed E-state index contributed by atoms with van der Waals surface area (Å²) in [6, 6.07) is 10.3. The molecular weight excluding hydrogens is 249 g/mol. The van der Waals surface area contributed by atoms with Gasteiger partial charge in [-0.25, -0.2) is 4.39 Å². The van der Waals surface area contributed by atoms with Gasteiger partial charge in [-0.3, -0.25) is 4.79 Å². The highest BCUT2D eigenvalue weighted by atomic mass is 32.1. The van der Waals surface area contributed by atoms with Crippen molar-refractivity contribution in [3.8, 4) is 0 Å². The molecule has 1 aromatic heterocycles. The van der Waals surface area contributed by atoms with E-state index in [1.807, 2.05) is 11.4 Å². The molecule has 0 radical (unpaired) electrons. The van der Waals surface area contributed by atoms with Crippen molar-refractivity contribution in [1.82, 2.24) is 5.32 Å². The van der Waals surface area contributed by atoms with E-state index in [4.69, 9.17) is 0 Å². The minimum absolute atomic E-state index is 0.120. The van der Waals surface area contributed by atoms with Crippen molar-refractivity contribution < 1.29 is 9.18 Å². The maximum absolute atomic E-state index is 13.4. The van der Waals surface area contributed by atoms with Gasteiger partial charge in [-0.2, -0.15) is 0 Å². The van der Waals surface area contributed by atoms with Crippen molar-refractivity contribution >= 4 is 17.2 Å². The lowest BCUT2D eigenvalue weighted by Crippen LogP contribution is -2.27.